The first kappa shape index (κ1) is 30.4. The number of hydrogen-bond donors (Lipinski definition) is 2. The summed E-state index contributed by atoms with van der Waals surface area (Å²) >= 11 is 1.61. The highest BCUT2D eigenvalue weighted by Crippen LogP contribution is 2.31. The zero-order chi connectivity index (χ0) is 32.0. The minimum absolute atomic E-state index is 0.0506. The van der Waals surface area contributed by atoms with Crippen LogP contribution in [-0.4, -0.2) is 27.8 Å². The van der Waals surface area contributed by atoms with E-state index in [1.54, 1.807) is 23.5 Å². The highest BCUT2D eigenvalue weighted by Gasteiger charge is 2.28. The van der Waals surface area contributed by atoms with Crippen molar-refractivity contribution in [3.05, 3.63) is 160 Å². The summed E-state index contributed by atoms with van der Waals surface area (Å²) in [6, 6.07) is 37.4. The number of aromatic nitrogens is 1. The summed E-state index contributed by atoms with van der Waals surface area (Å²) in [6.45, 7) is 2.05. The van der Waals surface area contributed by atoms with Crippen LogP contribution in [0.3, 0.4) is 0 Å². The molecule has 228 valence electrons. The average molecular weight is 627 g/mol. The lowest BCUT2D eigenvalue weighted by Crippen LogP contribution is -2.47. The SMILES string of the molecule is Cc1ccc2nc(-c3ccc(NC(=O)[C@@H](Cc4ccc([N+](=O)[O-])cc4)NC(=O)C(c4ccccc4)c4ccccc4)cc3)sc2c1. The maximum Gasteiger partial charge on any atom is 0.269 e. The Balaban J connectivity index is 1.25. The number of amides is 2. The molecule has 0 aliphatic heterocycles. The first-order valence-corrected chi connectivity index (χ1v) is 15.6. The lowest BCUT2D eigenvalue weighted by Gasteiger charge is -2.23. The van der Waals surface area contributed by atoms with Gasteiger partial charge in [0.2, 0.25) is 11.8 Å². The van der Waals surface area contributed by atoms with E-state index in [0.717, 1.165) is 31.9 Å². The van der Waals surface area contributed by atoms with Crippen molar-refractivity contribution >= 4 is 44.7 Å². The Hall–Kier alpha value is -5.67. The maximum atomic E-state index is 14.0. The third kappa shape index (κ3) is 7.00. The molecular weight excluding hydrogens is 596 g/mol. The predicted molar refractivity (Wildman–Crippen MR) is 182 cm³/mol. The van der Waals surface area contributed by atoms with E-state index in [9.17, 15) is 19.7 Å². The first-order valence-electron chi connectivity index (χ1n) is 14.8. The number of nitro benzene ring substituents is 1. The lowest BCUT2D eigenvalue weighted by atomic mass is 9.90. The van der Waals surface area contributed by atoms with Crippen LogP contribution in [0.5, 0.6) is 0 Å². The molecule has 0 aliphatic carbocycles. The van der Waals surface area contributed by atoms with Gasteiger partial charge in [0, 0.05) is 29.8 Å². The van der Waals surface area contributed by atoms with E-state index in [0.29, 0.717) is 11.3 Å². The fourth-order valence-electron chi connectivity index (χ4n) is 5.32. The van der Waals surface area contributed by atoms with Crippen molar-refractivity contribution < 1.29 is 14.5 Å². The van der Waals surface area contributed by atoms with Gasteiger partial charge in [-0.15, -0.1) is 11.3 Å². The van der Waals surface area contributed by atoms with Crippen LogP contribution in [0.4, 0.5) is 11.4 Å². The molecule has 0 radical (unpaired) electrons. The second kappa shape index (κ2) is 13.5. The Bertz CT molecular complexity index is 1950. The molecule has 0 saturated heterocycles. The molecule has 0 bridgehead atoms. The number of rotatable bonds is 10. The summed E-state index contributed by atoms with van der Waals surface area (Å²) < 4.78 is 1.11. The Morgan fingerprint density at radius 2 is 1.43 bits per heavy atom. The van der Waals surface area contributed by atoms with E-state index in [2.05, 4.69) is 23.6 Å². The molecule has 2 amide bonds. The summed E-state index contributed by atoms with van der Waals surface area (Å²) in [7, 11) is 0. The van der Waals surface area contributed by atoms with Crippen LogP contribution in [0.2, 0.25) is 0 Å². The lowest BCUT2D eigenvalue weighted by molar-refractivity contribution is -0.384. The van der Waals surface area contributed by atoms with Gasteiger partial charge < -0.3 is 10.6 Å². The van der Waals surface area contributed by atoms with Gasteiger partial charge in [0.25, 0.3) is 5.69 Å². The normalized spacial score (nSPS) is 11.7. The molecule has 0 saturated carbocycles. The topological polar surface area (TPSA) is 114 Å². The number of hydrogen-bond acceptors (Lipinski definition) is 6. The van der Waals surface area contributed by atoms with Crippen molar-refractivity contribution in [3.63, 3.8) is 0 Å². The Morgan fingerprint density at radius 1 is 0.804 bits per heavy atom. The van der Waals surface area contributed by atoms with E-state index in [1.807, 2.05) is 97.1 Å². The monoisotopic (exact) mass is 626 g/mol. The number of non-ortho nitro benzene ring substituents is 1. The number of nitrogens with one attached hydrogen (secondary N) is 2. The van der Waals surface area contributed by atoms with E-state index in [4.69, 9.17) is 4.98 Å². The number of nitro groups is 1. The Morgan fingerprint density at radius 3 is 2.04 bits per heavy atom. The molecule has 1 heterocycles. The Labute approximate surface area is 269 Å². The van der Waals surface area contributed by atoms with Crippen LogP contribution in [0.15, 0.2) is 127 Å². The summed E-state index contributed by atoms with van der Waals surface area (Å²) in [5.41, 5.74) is 5.82. The standard InChI is InChI=1S/C37H30N4O4S/c1-24-12-21-31-33(22-24)46-37(40-31)28-15-17-29(18-16-28)38-35(42)32(23-25-13-19-30(20-14-25)41(44)45)39-36(43)34(26-8-4-2-5-9-26)27-10-6-3-7-11-27/h2-22,32,34H,23H2,1H3,(H,38,42)(H,39,43)/t32-/m1/s1. The third-order valence-corrected chi connectivity index (χ3v) is 8.76. The van der Waals surface area contributed by atoms with Gasteiger partial charge in [-0.05, 0) is 65.6 Å². The van der Waals surface area contributed by atoms with Crippen molar-refractivity contribution in [1.82, 2.24) is 10.3 Å². The van der Waals surface area contributed by atoms with Crippen molar-refractivity contribution in [2.75, 3.05) is 5.32 Å². The molecular formula is C37H30N4O4S. The second-order valence-corrected chi connectivity index (χ2v) is 12.0. The van der Waals surface area contributed by atoms with Crippen molar-refractivity contribution in [2.24, 2.45) is 0 Å². The van der Waals surface area contributed by atoms with Gasteiger partial charge in [0.15, 0.2) is 0 Å². The molecule has 0 unspecified atom stereocenters. The molecule has 5 aromatic carbocycles. The molecule has 0 aliphatic rings. The molecule has 46 heavy (non-hydrogen) atoms. The number of fused-ring (bicyclic) bond motifs is 1. The number of anilines is 1. The summed E-state index contributed by atoms with van der Waals surface area (Å²) in [5, 5.41) is 18.0. The van der Waals surface area contributed by atoms with Crippen molar-refractivity contribution in [2.45, 2.75) is 25.3 Å². The Kier molecular flexibility index (Phi) is 8.94. The van der Waals surface area contributed by atoms with Gasteiger partial charge in [-0.2, -0.15) is 0 Å². The fraction of sp³-hybridized carbons (Fsp3) is 0.108. The quantitative estimate of drug-likeness (QED) is 0.120. The molecule has 9 heteroatoms. The molecule has 0 fully saturated rings. The van der Waals surface area contributed by atoms with E-state index in [1.165, 1.54) is 17.7 Å². The predicted octanol–water partition coefficient (Wildman–Crippen LogP) is 7.68. The molecule has 8 nitrogen and oxygen atoms in total. The number of thiazole rings is 1. The molecule has 6 rings (SSSR count). The van der Waals surface area contributed by atoms with Gasteiger partial charge in [-0.3, -0.25) is 19.7 Å². The zero-order valence-electron chi connectivity index (χ0n) is 24.9. The fourth-order valence-corrected chi connectivity index (χ4v) is 6.39. The number of benzene rings is 5. The number of carbonyl (C=O) groups is 2. The molecule has 1 atom stereocenters. The smallest absolute Gasteiger partial charge is 0.269 e. The first-order chi connectivity index (χ1) is 22.3. The van der Waals surface area contributed by atoms with Gasteiger partial charge in [0.05, 0.1) is 21.1 Å². The van der Waals surface area contributed by atoms with E-state index in [-0.39, 0.29) is 18.0 Å². The number of nitrogens with zero attached hydrogens (tertiary/aromatic N) is 2. The molecule has 0 spiro atoms. The second-order valence-electron chi connectivity index (χ2n) is 11.0. The third-order valence-electron chi connectivity index (χ3n) is 7.69. The highest BCUT2D eigenvalue weighted by molar-refractivity contribution is 7.21. The minimum atomic E-state index is -0.962. The minimum Gasteiger partial charge on any atom is -0.343 e. The van der Waals surface area contributed by atoms with Gasteiger partial charge in [-0.25, -0.2) is 4.98 Å². The largest absolute Gasteiger partial charge is 0.343 e. The molecule has 1 aromatic heterocycles. The maximum absolute atomic E-state index is 14.0. The molecule has 6 aromatic rings. The van der Waals surface area contributed by atoms with Crippen molar-refractivity contribution in [3.8, 4) is 10.6 Å². The van der Waals surface area contributed by atoms with Gasteiger partial charge in [0.1, 0.15) is 11.0 Å². The number of carbonyl (C=O) groups excluding carboxylic acids is 2. The van der Waals surface area contributed by atoms with Crippen LogP contribution < -0.4 is 10.6 Å². The van der Waals surface area contributed by atoms with E-state index >= 15 is 0 Å². The average Bonchev–Trinajstić information content (AvgIpc) is 3.49. The zero-order valence-corrected chi connectivity index (χ0v) is 25.7. The van der Waals surface area contributed by atoms with Crippen molar-refractivity contribution in [1.29, 1.82) is 0 Å². The van der Waals surface area contributed by atoms with Crippen LogP contribution in [0.25, 0.3) is 20.8 Å². The van der Waals surface area contributed by atoms with Crippen LogP contribution in [0, 0.1) is 17.0 Å². The van der Waals surface area contributed by atoms with Crippen LogP contribution >= 0.6 is 11.3 Å². The van der Waals surface area contributed by atoms with Gasteiger partial charge in [-0.1, -0.05) is 78.9 Å². The van der Waals surface area contributed by atoms with E-state index < -0.39 is 22.8 Å². The summed E-state index contributed by atoms with van der Waals surface area (Å²) in [4.78, 5) is 43.2. The summed E-state index contributed by atoms with van der Waals surface area (Å²) in [5.74, 6) is -1.39. The summed E-state index contributed by atoms with van der Waals surface area (Å²) in [6.07, 6.45) is 0.134. The van der Waals surface area contributed by atoms with Crippen LogP contribution in [0.1, 0.15) is 28.2 Å². The number of aryl methyl sites for hydroxylation is 1. The highest BCUT2D eigenvalue weighted by atomic mass is 32.1. The van der Waals surface area contributed by atoms with Crippen LogP contribution in [-0.2, 0) is 16.0 Å². The van der Waals surface area contributed by atoms with Gasteiger partial charge >= 0.3 is 0 Å². The molecule has 2 N–H and O–H groups in total.